The summed E-state index contributed by atoms with van der Waals surface area (Å²) in [5, 5.41) is 0. The lowest BCUT2D eigenvalue weighted by molar-refractivity contribution is -0.133. The maximum absolute atomic E-state index is 12.8. The lowest BCUT2D eigenvalue weighted by Gasteiger charge is -2.37. The number of amides is 2. The normalized spacial score (nSPS) is 19.4. The largest absolute Gasteiger partial charge is 0.362 e. The first-order chi connectivity index (χ1) is 14.3. The zero-order valence-electron chi connectivity index (χ0n) is 19.1. The third-order valence-electron chi connectivity index (χ3n) is 6.29. The van der Waals surface area contributed by atoms with Crippen LogP contribution in [0, 0.1) is 0 Å². The molecule has 1 aromatic heterocycles. The van der Waals surface area contributed by atoms with Crippen molar-refractivity contribution in [2.24, 2.45) is 0 Å². The van der Waals surface area contributed by atoms with Crippen LogP contribution in [0.4, 0.5) is 5.82 Å². The predicted octanol–water partition coefficient (Wildman–Crippen LogP) is 1.84. The molecule has 0 saturated carbocycles. The van der Waals surface area contributed by atoms with Crippen LogP contribution >= 0.6 is 0 Å². The van der Waals surface area contributed by atoms with Crippen LogP contribution in [0.25, 0.3) is 0 Å². The van der Waals surface area contributed by atoms with Crippen molar-refractivity contribution in [3.05, 3.63) is 17.1 Å². The summed E-state index contributed by atoms with van der Waals surface area (Å²) in [6.45, 7) is 9.71. The maximum Gasteiger partial charge on any atom is 0.236 e. The molecule has 2 amide bonds. The first kappa shape index (κ1) is 22.5. The Labute approximate surface area is 180 Å². The minimum atomic E-state index is 0.0631. The topological polar surface area (TPSA) is 72.9 Å². The van der Waals surface area contributed by atoms with Crippen LogP contribution in [0.15, 0.2) is 0 Å². The Hall–Kier alpha value is -2.22. The molecule has 1 fully saturated rings. The number of hydrogen-bond donors (Lipinski definition) is 0. The number of anilines is 1. The fourth-order valence-electron chi connectivity index (χ4n) is 4.53. The molecular formula is C22H36N6O2. The van der Waals surface area contributed by atoms with Crippen molar-refractivity contribution in [3.8, 4) is 0 Å². The van der Waals surface area contributed by atoms with E-state index >= 15 is 0 Å². The van der Waals surface area contributed by atoms with E-state index in [4.69, 9.17) is 9.97 Å². The van der Waals surface area contributed by atoms with Gasteiger partial charge < -0.3 is 14.7 Å². The van der Waals surface area contributed by atoms with Crippen molar-refractivity contribution >= 4 is 17.6 Å². The Kier molecular flexibility index (Phi) is 7.28. The van der Waals surface area contributed by atoms with E-state index in [0.29, 0.717) is 19.6 Å². The number of hydrogen-bond acceptors (Lipinski definition) is 6. The molecule has 8 nitrogen and oxygen atoms in total. The molecule has 30 heavy (non-hydrogen) atoms. The first-order valence-corrected chi connectivity index (χ1v) is 11.2. The molecule has 0 bridgehead atoms. The van der Waals surface area contributed by atoms with Gasteiger partial charge in [-0.1, -0.05) is 6.42 Å². The van der Waals surface area contributed by atoms with Crippen LogP contribution in [0.1, 0.15) is 63.2 Å². The van der Waals surface area contributed by atoms with Gasteiger partial charge in [-0.25, -0.2) is 9.97 Å². The quantitative estimate of drug-likeness (QED) is 0.705. The summed E-state index contributed by atoms with van der Waals surface area (Å²) >= 11 is 0. The van der Waals surface area contributed by atoms with Gasteiger partial charge in [-0.15, -0.1) is 0 Å². The molecule has 1 saturated heterocycles. The van der Waals surface area contributed by atoms with E-state index in [-0.39, 0.29) is 17.9 Å². The molecule has 0 aliphatic carbocycles. The molecule has 0 N–H and O–H groups in total. The lowest BCUT2D eigenvalue weighted by Crippen LogP contribution is -2.44. The van der Waals surface area contributed by atoms with Crippen LogP contribution in [0.2, 0.25) is 0 Å². The number of carbonyl (C=O) groups is 2. The van der Waals surface area contributed by atoms with Crippen LogP contribution in [-0.4, -0.2) is 83.3 Å². The minimum absolute atomic E-state index is 0.0631. The van der Waals surface area contributed by atoms with Gasteiger partial charge in [0.25, 0.3) is 0 Å². The van der Waals surface area contributed by atoms with E-state index in [1.807, 2.05) is 42.6 Å². The Morgan fingerprint density at radius 2 is 1.83 bits per heavy atom. The second kappa shape index (κ2) is 9.73. The molecule has 0 aromatic carbocycles. The second-order valence-electron chi connectivity index (χ2n) is 8.46. The third-order valence-corrected chi connectivity index (χ3v) is 6.29. The molecule has 1 aromatic rings. The van der Waals surface area contributed by atoms with E-state index in [1.54, 1.807) is 6.92 Å². The number of carbonyl (C=O) groups excluding carboxylic acids is 2. The highest BCUT2D eigenvalue weighted by Gasteiger charge is 2.32. The number of piperidine rings is 1. The summed E-state index contributed by atoms with van der Waals surface area (Å²) < 4.78 is 0. The van der Waals surface area contributed by atoms with Crippen molar-refractivity contribution in [2.45, 2.75) is 59.0 Å². The van der Waals surface area contributed by atoms with E-state index in [9.17, 15) is 9.59 Å². The third kappa shape index (κ3) is 4.74. The second-order valence-corrected chi connectivity index (χ2v) is 8.46. The zero-order chi connectivity index (χ0) is 21.8. The molecule has 2 aliphatic heterocycles. The van der Waals surface area contributed by atoms with E-state index in [2.05, 4.69) is 4.90 Å². The number of rotatable bonds is 6. The zero-order valence-corrected chi connectivity index (χ0v) is 19.1. The fourth-order valence-corrected chi connectivity index (χ4v) is 4.53. The number of likely N-dealkylation sites (tertiary alicyclic amines) is 1. The lowest BCUT2D eigenvalue weighted by atomic mass is 9.99. The van der Waals surface area contributed by atoms with Crippen LogP contribution in [0.5, 0.6) is 0 Å². The Bertz CT molecular complexity index is 777. The fraction of sp³-hybridized carbons (Fsp3) is 0.727. The summed E-state index contributed by atoms with van der Waals surface area (Å²) in [5.74, 6) is 1.97. The predicted molar refractivity (Wildman–Crippen MR) is 117 cm³/mol. The summed E-state index contributed by atoms with van der Waals surface area (Å²) in [6, 6.07) is 0.0631. The van der Waals surface area contributed by atoms with E-state index in [0.717, 1.165) is 68.2 Å². The molecule has 1 atom stereocenters. The van der Waals surface area contributed by atoms with Gasteiger partial charge in [0.1, 0.15) is 11.6 Å². The average molecular weight is 417 g/mol. The smallest absolute Gasteiger partial charge is 0.236 e. The van der Waals surface area contributed by atoms with Crippen LogP contribution in [-0.2, 0) is 22.6 Å². The molecular weight excluding hydrogens is 380 g/mol. The van der Waals surface area contributed by atoms with Crippen LogP contribution < -0.4 is 4.90 Å². The van der Waals surface area contributed by atoms with E-state index < -0.39 is 0 Å². The minimum Gasteiger partial charge on any atom is -0.362 e. The van der Waals surface area contributed by atoms with Crippen molar-refractivity contribution in [2.75, 3.05) is 51.7 Å². The highest BCUT2D eigenvalue weighted by molar-refractivity contribution is 5.78. The monoisotopic (exact) mass is 416 g/mol. The van der Waals surface area contributed by atoms with Crippen LogP contribution in [0.3, 0.4) is 0 Å². The molecule has 0 spiro atoms. The standard InChI is InChI=1S/C22H36N6O2/c1-6-26(7-2)20(30)15-28-12-9-8-10-19(28)21-23-18-11-13-27(16(3)29)14-17(18)22(24-21)25(4)5/h19H,6-15H2,1-5H3/t19-/m0/s1. The van der Waals surface area contributed by atoms with Gasteiger partial charge in [-0.2, -0.15) is 0 Å². The molecule has 2 aliphatic rings. The van der Waals surface area contributed by atoms with Gasteiger partial charge in [0.15, 0.2) is 0 Å². The maximum atomic E-state index is 12.8. The highest BCUT2D eigenvalue weighted by atomic mass is 16.2. The average Bonchev–Trinajstić information content (AvgIpc) is 2.73. The number of aromatic nitrogens is 2. The number of likely N-dealkylation sites (N-methyl/N-ethyl adjacent to an activating group) is 1. The van der Waals surface area contributed by atoms with Gasteiger partial charge in [-0.3, -0.25) is 14.5 Å². The molecule has 166 valence electrons. The van der Waals surface area contributed by atoms with Crippen molar-refractivity contribution in [3.63, 3.8) is 0 Å². The van der Waals surface area contributed by atoms with Gasteiger partial charge in [0.2, 0.25) is 11.8 Å². The molecule has 3 heterocycles. The Morgan fingerprint density at radius 3 is 2.47 bits per heavy atom. The Morgan fingerprint density at radius 1 is 1.10 bits per heavy atom. The van der Waals surface area contributed by atoms with Crippen molar-refractivity contribution in [1.82, 2.24) is 24.7 Å². The SMILES string of the molecule is CCN(CC)C(=O)CN1CCCC[C@H]1c1nc2c(c(N(C)C)n1)CN(C(C)=O)CC2. The van der Waals surface area contributed by atoms with Gasteiger partial charge in [0, 0.05) is 52.6 Å². The molecule has 0 unspecified atom stereocenters. The summed E-state index contributed by atoms with van der Waals surface area (Å²) in [5.41, 5.74) is 2.09. The Balaban J connectivity index is 1.90. The highest BCUT2D eigenvalue weighted by Crippen LogP contribution is 2.33. The van der Waals surface area contributed by atoms with Crippen molar-refractivity contribution in [1.29, 1.82) is 0 Å². The van der Waals surface area contributed by atoms with Gasteiger partial charge in [0.05, 0.1) is 24.8 Å². The first-order valence-electron chi connectivity index (χ1n) is 11.2. The summed E-state index contributed by atoms with van der Waals surface area (Å²) in [7, 11) is 3.98. The number of nitrogens with zero attached hydrogens (tertiary/aromatic N) is 6. The molecule has 3 rings (SSSR count). The van der Waals surface area contributed by atoms with Gasteiger partial charge in [-0.05, 0) is 33.2 Å². The van der Waals surface area contributed by atoms with Gasteiger partial charge >= 0.3 is 0 Å². The molecule has 8 heteroatoms. The summed E-state index contributed by atoms with van der Waals surface area (Å²) in [6.07, 6.45) is 3.94. The van der Waals surface area contributed by atoms with Crippen molar-refractivity contribution < 1.29 is 9.59 Å². The van der Waals surface area contributed by atoms with E-state index in [1.165, 1.54) is 0 Å². The summed E-state index contributed by atoms with van der Waals surface area (Å²) in [4.78, 5) is 42.6. The molecule has 0 radical (unpaired) electrons. The number of fused-ring (bicyclic) bond motifs is 1.